The topological polar surface area (TPSA) is 85.1 Å². The molecule has 0 bridgehead atoms. The zero-order valence-corrected chi connectivity index (χ0v) is 14.1. The maximum Gasteiger partial charge on any atom is 0.328 e. The number of fused-ring (bicyclic) bond motifs is 1. The molecule has 0 aliphatic carbocycles. The fraction of sp³-hybridized carbons (Fsp3) is 0.500. The van der Waals surface area contributed by atoms with Gasteiger partial charge in [0.25, 0.3) is 0 Å². The predicted molar refractivity (Wildman–Crippen MR) is 86.5 cm³/mol. The molecule has 2 aromatic rings. The van der Waals surface area contributed by atoms with Crippen LogP contribution in [0.3, 0.4) is 0 Å². The van der Waals surface area contributed by atoms with Crippen LogP contribution in [0.5, 0.6) is 0 Å². The third-order valence-electron chi connectivity index (χ3n) is 3.69. The summed E-state index contributed by atoms with van der Waals surface area (Å²) < 4.78 is 30.2. The SMILES string of the molecule is CCN[C@H](C)CNS(=O)(=O)c1ccc2c(c1)n(C)c(=O)n2C. The molecule has 1 heterocycles. The maximum atomic E-state index is 12.4. The van der Waals surface area contributed by atoms with E-state index in [9.17, 15) is 13.2 Å². The lowest BCUT2D eigenvalue weighted by molar-refractivity contribution is 0.536. The summed E-state index contributed by atoms with van der Waals surface area (Å²) in [7, 11) is -0.311. The Morgan fingerprint density at radius 2 is 1.82 bits per heavy atom. The summed E-state index contributed by atoms with van der Waals surface area (Å²) in [6.07, 6.45) is 0. The Bertz CT molecular complexity index is 836. The summed E-state index contributed by atoms with van der Waals surface area (Å²) in [5, 5.41) is 3.14. The first kappa shape index (κ1) is 16.7. The molecule has 0 aliphatic rings. The summed E-state index contributed by atoms with van der Waals surface area (Å²) >= 11 is 0. The van der Waals surface area contributed by atoms with Crippen LogP contribution in [0.2, 0.25) is 0 Å². The third kappa shape index (κ3) is 3.08. The second-order valence-corrected chi connectivity index (χ2v) is 7.13. The fourth-order valence-electron chi connectivity index (χ4n) is 2.39. The van der Waals surface area contributed by atoms with E-state index in [-0.39, 0.29) is 16.6 Å². The number of benzene rings is 1. The Hall–Kier alpha value is -1.64. The number of nitrogens with zero attached hydrogens (tertiary/aromatic N) is 2. The van der Waals surface area contributed by atoms with Crippen molar-refractivity contribution < 1.29 is 8.42 Å². The molecule has 0 saturated heterocycles. The Morgan fingerprint density at radius 3 is 2.45 bits per heavy atom. The average Bonchev–Trinajstić information content (AvgIpc) is 2.70. The molecule has 1 aromatic carbocycles. The minimum atomic E-state index is -3.60. The Morgan fingerprint density at radius 1 is 1.18 bits per heavy atom. The molecule has 8 heteroatoms. The zero-order chi connectivity index (χ0) is 16.5. The van der Waals surface area contributed by atoms with Gasteiger partial charge in [0.05, 0.1) is 15.9 Å². The highest BCUT2D eigenvalue weighted by molar-refractivity contribution is 7.89. The Labute approximate surface area is 130 Å². The monoisotopic (exact) mass is 326 g/mol. The molecule has 2 N–H and O–H groups in total. The van der Waals surface area contributed by atoms with E-state index < -0.39 is 10.0 Å². The van der Waals surface area contributed by atoms with Crippen molar-refractivity contribution in [1.82, 2.24) is 19.2 Å². The summed E-state index contributed by atoms with van der Waals surface area (Å²) in [5.41, 5.74) is 1.11. The van der Waals surface area contributed by atoms with Crippen LogP contribution in [-0.4, -0.2) is 36.7 Å². The highest BCUT2D eigenvalue weighted by Crippen LogP contribution is 2.17. The summed E-state index contributed by atoms with van der Waals surface area (Å²) in [6.45, 7) is 4.97. The molecule has 0 fully saturated rings. The second kappa shape index (κ2) is 6.23. The van der Waals surface area contributed by atoms with Gasteiger partial charge in [-0.1, -0.05) is 6.92 Å². The molecule has 122 valence electrons. The van der Waals surface area contributed by atoms with Crippen LogP contribution in [0.4, 0.5) is 0 Å². The molecule has 22 heavy (non-hydrogen) atoms. The first-order valence-electron chi connectivity index (χ1n) is 7.16. The van der Waals surface area contributed by atoms with Gasteiger partial charge in [0.2, 0.25) is 10.0 Å². The van der Waals surface area contributed by atoms with E-state index in [1.165, 1.54) is 21.3 Å². The van der Waals surface area contributed by atoms with Crippen LogP contribution in [0.25, 0.3) is 11.0 Å². The fourth-order valence-corrected chi connectivity index (χ4v) is 3.54. The van der Waals surface area contributed by atoms with Crippen molar-refractivity contribution >= 4 is 21.1 Å². The molecule has 1 atom stereocenters. The molecule has 7 nitrogen and oxygen atoms in total. The van der Waals surface area contributed by atoms with Gasteiger partial charge in [-0.15, -0.1) is 0 Å². The first-order valence-corrected chi connectivity index (χ1v) is 8.64. The van der Waals surface area contributed by atoms with Crippen LogP contribution in [-0.2, 0) is 24.1 Å². The van der Waals surface area contributed by atoms with Gasteiger partial charge in [0, 0.05) is 26.7 Å². The van der Waals surface area contributed by atoms with E-state index in [0.29, 0.717) is 17.6 Å². The minimum Gasteiger partial charge on any atom is -0.313 e. The molecular formula is C14H22N4O3S. The van der Waals surface area contributed by atoms with Gasteiger partial charge in [0.15, 0.2) is 0 Å². The van der Waals surface area contributed by atoms with Gasteiger partial charge in [-0.3, -0.25) is 9.13 Å². The van der Waals surface area contributed by atoms with Crippen LogP contribution >= 0.6 is 0 Å². The highest BCUT2D eigenvalue weighted by Gasteiger charge is 2.17. The van der Waals surface area contributed by atoms with Crippen LogP contribution < -0.4 is 15.7 Å². The normalized spacial score (nSPS) is 13.6. The molecule has 1 aromatic heterocycles. The van der Waals surface area contributed by atoms with E-state index in [1.54, 1.807) is 20.2 Å². The number of hydrogen-bond donors (Lipinski definition) is 2. The maximum absolute atomic E-state index is 12.4. The van der Waals surface area contributed by atoms with Crippen LogP contribution in [0.15, 0.2) is 27.9 Å². The standard InChI is InChI=1S/C14H22N4O3S/c1-5-15-10(2)9-16-22(20,21)11-6-7-12-13(8-11)18(4)14(19)17(12)3/h6-8,10,15-16H,5,9H2,1-4H3/t10-/m1/s1. The van der Waals surface area contributed by atoms with Gasteiger partial charge in [-0.05, 0) is 31.7 Å². The van der Waals surface area contributed by atoms with Crippen molar-refractivity contribution in [3.63, 3.8) is 0 Å². The van der Waals surface area contributed by atoms with Gasteiger partial charge in [-0.25, -0.2) is 17.9 Å². The Balaban J connectivity index is 2.34. The van der Waals surface area contributed by atoms with Gasteiger partial charge >= 0.3 is 5.69 Å². The summed E-state index contributed by atoms with van der Waals surface area (Å²) in [4.78, 5) is 12.0. The van der Waals surface area contributed by atoms with Crippen molar-refractivity contribution in [2.45, 2.75) is 24.8 Å². The Kier molecular flexibility index (Phi) is 4.74. The van der Waals surface area contributed by atoms with Gasteiger partial charge in [0.1, 0.15) is 0 Å². The van der Waals surface area contributed by atoms with E-state index in [1.807, 2.05) is 13.8 Å². The lowest BCUT2D eigenvalue weighted by atomic mass is 10.3. The predicted octanol–water partition coefficient (Wildman–Crippen LogP) is 0.153. The molecule has 0 amide bonds. The third-order valence-corrected chi connectivity index (χ3v) is 5.11. The lowest BCUT2D eigenvalue weighted by Crippen LogP contribution is -2.38. The number of rotatable bonds is 6. The quantitative estimate of drug-likeness (QED) is 0.791. The number of aryl methyl sites for hydroxylation is 2. The minimum absolute atomic E-state index is 0.0459. The van der Waals surface area contributed by atoms with Gasteiger partial charge in [-0.2, -0.15) is 0 Å². The molecule has 0 aliphatic heterocycles. The molecule has 0 spiro atoms. The smallest absolute Gasteiger partial charge is 0.313 e. The second-order valence-electron chi connectivity index (χ2n) is 5.36. The molecule has 2 rings (SSSR count). The number of imidazole rings is 1. The van der Waals surface area contributed by atoms with Gasteiger partial charge < -0.3 is 5.32 Å². The number of aromatic nitrogens is 2. The zero-order valence-electron chi connectivity index (χ0n) is 13.3. The molecule has 0 radical (unpaired) electrons. The van der Waals surface area contributed by atoms with Crippen molar-refractivity contribution in [3.05, 3.63) is 28.7 Å². The highest BCUT2D eigenvalue weighted by atomic mass is 32.2. The van der Waals surface area contributed by atoms with E-state index in [2.05, 4.69) is 10.0 Å². The summed E-state index contributed by atoms with van der Waals surface area (Å²) in [6, 6.07) is 4.74. The van der Waals surface area contributed by atoms with Crippen molar-refractivity contribution in [3.8, 4) is 0 Å². The van der Waals surface area contributed by atoms with Crippen LogP contribution in [0, 0.1) is 0 Å². The van der Waals surface area contributed by atoms with Crippen LogP contribution in [0.1, 0.15) is 13.8 Å². The van der Waals surface area contributed by atoms with E-state index >= 15 is 0 Å². The summed E-state index contributed by atoms with van der Waals surface area (Å²) in [5.74, 6) is 0. The van der Waals surface area contributed by atoms with E-state index in [4.69, 9.17) is 0 Å². The first-order chi connectivity index (χ1) is 10.3. The average molecular weight is 326 g/mol. The number of hydrogen-bond acceptors (Lipinski definition) is 4. The molecular weight excluding hydrogens is 304 g/mol. The largest absolute Gasteiger partial charge is 0.328 e. The number of likely N-dealkylation sites (N-methyl/N-ethyl adjacent to an activating group) is 1. The molecule has 0 saturated carbocycles. The lowest BCUT2D eigenvalue weighted by Gasteiger charge is -2.13. The molecule has 0 unspecified atom stereocenters. The van der Waals surface area contributed by atoms with Crippen molar-refractivity contribution in [2.75, 3.05) is 13.1 Å². The van der Waals surface area contributed by atoms with E-state index in [0.717, 1.165) is 6.54 Å². The van der Waals surface area contributed by atoms with Crippen molar-refractivity contribution in [1.29, 1.82) is 0 Å². The number of nitrogens with one attached hydrogen (secondary N) is 2. The van der Waals surface area contributed by atoms with Crippen molar-refractivity contribution in [2.24, 2.45) is 14.1 Å². The number of sulfonamides is 1.